The van der Waals surface area contributed by atoms with Crippen molar-refractivity contribution in [2.24, 2.45) is 0 Å². The van der Waals surface area contributed by atoms with Gasteiger partial charge in [0.25, 0.3) is 11.1 Å². The average molecular weight is 404 g/mol. The van der Waals surface area contributed by atoms with Gasteiger partial charge in [0, 0.05) is 24.7 Å². The Morgan fingerprint density at radius 2 is 1.86 bits per heavy atom. The largest absolute Gasteiger partial charge is 0.494 e. The molecule has 150 valence electrons. The molecule has 2 heterocycles. The van der Waals surface area contributed by atoms with E-state index in [0.29, 0.717) is 43.4 Å². The second-order valence-electron chi connectivity index (χ2n) is 6.42. The Labute approximate surface area is 168 Å². The topological polar surface area (TPSA) is 76.2 Å². The predicted octanol–water partition coefficient (Wildman–Crippen LogP) is 3.14. The van der Waals surface area contributed by atoms with Gasteiger partial charge in [-0.05, 0) is 56.7 Å². The van der Waals surface area contributed by atoms with Crippen molar-refractivity contribution in [1.82, 2.24) is 9.80 Å². The first-order valence-corrected chi connectivity index (χ1v) is 10.3. The van der Waals surface area contributed by atoms with Crippen molar-refractivity contribution in [1.29, 1.82) is 0 Å². The molecule has 8 heteroatoms. The Bertz CT molecular complexity index is 802. The number of carbonyl (C=O) groups is 3. The summed E-state index contributed by atoms with van der Waals surface area (Å²) in [4.78, 5) is 40.3. The van der Waals surface area contributed by atoms with Crippen LogP contribution in [0.1, 0.15) is 32.3 Å². The van der Waals surface area contributed by atoms with E-state index in [-0.39, 0.29) is 17.4 Å². The van der Waals surface area contributed by atoms with Crippen LogP contribution >= 0.6 is 11.8 Å². The van der Waals surface area contributed by atoms with E-state index >= 15 is 0 Å². The fourth-order valence-corrected chi connectivity index (χ4v) is 3.98. The molecule has 0 aliphatic carbocycles. The molecule has 7 nitrogen and oxygen atoms in total. The fraction of sp³-hybridized carbons (Fsp3) is 0.450. The highest BCUT2D eigenvalue weighted by molar-refractivity contribution is 8.18. The molecule has 3 rings (SSSR count). The molecule has 0 saturated carbocycles. The second kappa shape index (κ2) is 9.14. The lowest BCUT2D eigenvalue weighted by Crippen LogP contribution is -2.40. The average Bonchev–Trinajstić information content (AvgIpc) is 3.29. The van der Waals surface area contributed by atoms with Crippen molar-refractivity contribution in [3.63, 3.8) is 0 Å². The Morgan fingerprint density at radius 3 is 2.54 bits per heavy atom. The van der Waals surface area contributed by atoms with E-state index in [0.717, 1.165) is 29.5 Å². The van der Waals surface area contributed by atoms with E-state index in [1.165, 1.54) is 0 Å². The maximum Gasteiger partial charge on any atom is 0.294 e. The number of ether oxygens (including phenoxy) is 2. The van der Waals surface area contributed by atoms with Crippen molar-refractivity contribution < 1.29 is 23.9 Å². The lowest BCUT2D eigenvalue weighted by Gasteiger charge is -2.18. The first-order valence-electron chi connectivity index (χ1n) is 9.46. The van der Waals surface area contributed by atoms with Crippen LogP contribution in [0.3, 0.4) is 0 Å². The minimum Gasteiger partial charge on any atom is -0.494 e. The Balaban J connectivity index is 1.78. The summed E-state index contributed by atoms with van der Waals surface area (Å²) in [5, 5.41) is -0.423. The van der Waals surface area contributed by atoms with Crippen LogP contribution < -0.4 is 9.47 Å². The summed E-state index contributed by atoms with van der Waals surface area (Å²) in [5.41, 5.74) is 0.682. The molecule has 3 amide bonds. The Kier molecular flexibility index (Phi) is 6.61. The van der Waals surface area contributed by atoms with Crippen molar-refractivity contribution in [3.8, 4) is 11.5 Å². The van der Waals surface area contributed by atoms with Gasteiger partial charge in [0.1, 0.15) is 18.0 Å². The highest BCUT2D eigenvalue weighted by atomic mass is 32.2. The van der Waals surface area contributed by atoms with Gasteiger partial charge in [-0.25, -0.2) is 0 Å². The molecule has 1 aromatic rings. The summed E-state index contributed by atoms with van der Waals surface area (Å²) >= 11 is 0.843. The van der Waals surface area contributed by atoms with Crippen molar-refractivity contribution in [2.45, 2.75) is 26.7 Å². The number of hydrogen-bond donors (Lipinski definition) is 0. The van der Waals surface area contributed by atoms with Crippen LogP contribution in [0.15, 0.2) is 23.1 Å². The van der Waals surface area contributed by atoms with Crippen LogP contribution in [0.25, 0.3) is 6.08 Å². The molecule has 2 fully saturated rings. The van der Waals surface area contributed by atoms with E-state index in [2.05, 4.69) is 0 Å². The SMILES string of the molecule is CCOc1ccc(/C=C2\SC(=O)N(CC(=O)N3CCCC3)C2=O)c(OCC)c1. The van der Waals surface area contributed by atoms with E-state index in [4.69, 9.17) is 9.47 Å². The Morgan fingerprint density at radius 1 is 1.14 bits per heavy atom. The third kappa shape index (κ3) is 4.49. The monoisotopic (exact) mass is 404 g/mol. The number of nitrogens with zero attached hydrogens (tertiary/aromatic N) is 2. The first kappa shape index (κ1) is 20.3. The second-order valence-corrected chi connectivity index (χ2v) is 7.41. The van der Waals surface area contributed by atoms with Crippen LogP contribution in [0.5, 0.6) is 11.5 Å². The highest BCUT2D eigenvalue weighted by Crippen LogP contribution is 2.35. The molecule has 0 bridgehead atoms. The van der Waals surface area contributed by atoms with Gasteiger partial charge in [0.2, 0.25) is 5.91 Å². The molecular formula is C20H24N2O5S. The maximum absolute atomic E-state index is 12.7. The zero-order chi connectivity index (χ0) is 20.1. The normalized spacial score (nSPS) is 18.3. The summed E-state index contributed by atoms with van der Waals surface area (Å²) in [7, 11) is 0. The molecule has 1 aromatic carbocycles. The lowest BCUT2D eigenvalue weighted by molar-refractivity contribution is -0.135. The number of imide groups is 1. The maximum atomic E-state index is 12.7. The standard InChI is InChI=1S/C20H24N2O5S/c1-3-26-15-8-7-14(16(12-15)27-4-2)11-17-19(24)22(20(25)28-17)13-18(23)21-9-5-6-10-21/h7-8,11-12H,3-6,9-10,13H2,1-2H3/b17-11-. The van der Waals surface area contributed by atoms with Gasteiger partial charge in [0.05, 0.1) is 18.1 Å². The van der Waals surface area contributed by atoms with Gasteiger partial charge in [0.15, 0.2) is 0 Å². The summed E-state index contributed by atoms with van der Waals surface area (Å²) in [6, 6.07) is 5.35. The number of thioether (sulfide) groups is 1. The van der Waals surface area contributed by atoms with Gasteiger partial charge in [-0.3, -0.25) is 19.3 Å². The number of benzene rings is 1. The third-order valence-corrected chi connectivity index (χ3v) is 5.42. The predicted molar refractivity (Wildman–Crippen MR) is 107 cm³/mol. The minimum absolute atomic E-state index is 0.183. The molecule has 0 radical (unpaired) electrons. The van der Waals surface area contributed by atoms with Crippen molar-refractivity contribution in [3.05, 3.63) is 28.7 Å². The molecule has 0 atom stereocenters. The molecule has 0 unspecified atom stereocenters. The van der Waals surface area contributed by atoms with Gasteiger partial charge < -0.3 is 14.4 Å². The molecule has 0 N–H and O–H groups in total. The quantitative estimate of drug-likeness (QED) is 0.650. The smallest absolute Gasteiger partial charge is 0.294 e. The first-order chi connectivity index (χ1) is 13.5. The number of likely N-dealkylation sites (tertiary alicyclic amines) is 1. The van der Waals surface area contributed by atoms with Gasteiger partial charge in [-0.2, -0.15) is 0 Å². The minimum atomic E-state index is -0.445. The Hall–Kier alpha value is -2.48. The van der Waals surface area contributed by atoms with Crippen LogP contribution in [0, 0.1) is 0 Å². The summed E-state index contributed by atoms with van der Waals surface area (Å²) < 4.78 is 11.1. The van der Waals surface area contributed by atoms with Crippen LogP contribution in [0.4, 0.5) is 4.79 Å². The summed E-state index contributed by atoms with van der Waals surface area (Å²) in [6.07, 6.45) is 3.56. The summed E-state index contributed by atoms with van der Waals surface area (Å²) in [6.45, 7) is 5.94. The van der Waals surface area contributed by atoms with E-state index < -0.39 is 11.1 Å². The molecule has 2 saturated heterocycles. The fourth-order valence-electron chi connectivity index (χ4n) is 3.15. The van der Waals surface area contributed by atoms with Crippen molar-refractivity contribution >= 4 is 34.9 Å². The molecule has 0 spiro atoms. The highest BCUT2D eigenvalue weighted by Gasteiger charge is 2.37. The van der Waals surface area contributed by atoms with Crippen LogP contribution in [-0.2, 0) is 9.59 Å². The van der Waals surface area contributed by atoms with Gasteiger partial charge in [-0.15, -0.1) is 0 Å². The van der Waals surface area contributed by atoms with E-state index in [1.807, 2.05) is 13.8 Å². The molecular weight excluding hydrogens is 380 g/mol. The van der Waals surface area contributed by atoms with Crippen LogP contribution in [0.2, 0.25) is 0 Å². The molecule has 0 aromatic heterocycles. The number of amides is 3. The molecule has 28 heavy (non-hydrogen) atoms. The zero-order valence-corrected chi connectivity index (χ0v) is 16.9. The zero-order valence-electron chi connectivity index (χ0n) is 16.1. The lowest BCUT2D eigenvalue weighted by atomic mass is 10.1. The van der Waals surface area contributed by atoms with Crippen LogP contribution in [-0.4, -0.2) is 59.7 Å². The number of hydrogen-bond acceptors (Lipinski definition) is 6. The molecule has 2 aliphatic heterocycles. The number of rotatable bonds is 7. The summed E-state index contributed by atoms with van der Waals surface area (Å²) in [5.74, 6) is 0.622. The van der Waals surface area contributed by atoms with Crippen molar-refractivity contribution in [2.75, 3.05) is 32.8 Å². The molecule has 2 aliphatic rings. The van der Waals surface area contributed by atoms with E-state index in [1.54, 1.807) is 29.2 Å². The van der Waals surface area contributed by atoms with E-state index in [9.17, 15) is 14.4 Å². The third-order valence-electron chi connectivity index (χ3n) is 4.51. The number of carbonyl (C=O) groups excluding carboxylic acids is 3. The van der Waals surface area contributed by atoms with Gasteiger partial charge >= 0.3 is 0 Å². The van der Waals surface area contributed by atoms with Gasteiger partial charge in [-0.1, -0.05) is 0 Å².